The lowest BCUT2D eigenvalue weighted by molar-refractivity contribution is -0.0384. The SMILES string of the molecule is CCOC(=O)c1c(NC(=O)c2cc(OC)c(OC)c(OC)c2)sc2c1CC(C)(C)OC2. The van der Waals surface area contributed by atoms with Crippen molar-refractivity contribution in [3.63, 3.8) is 0 Å². The normalized spacial score (nSPS) is 14.4. The van der Waals surface area contributed by atoms with Gasteiger partial charge in [-0.2, -0.15) is 0 Å². The number of hydrogen-bond donors (Lipinski definition) is 1. The highest BCUT2D eigenvalue weighted by atomic mass is 32.1. The fourth-order valence-corrected chi connectivity index (χ4v) is 4.56. The molecule has 0 unspecified atom stereocenters. The molecule has 9 heteroatoms. The van der Waals surface area contributed by atoms with Crippen LogP contribution in [0.1, 0.15) is 51.9 Å². The first-order valence-corrected chi connectivity index (χ1v) is 10.6. The van der Waals surface area contributed by atoms with Crippen LogP contribution in [0.25, 0.3) is 0 Å². The monoisotopic (exact) mass is 449 g/mol. The van der Waals surface area contributed by atoms with E-state index in [2.05, 4.69) is 5.32 Å². The van der Waals surface area contributed by atoms with Crippen LogP contribution < -0.4 is 19.5 Å². The lowest BCUT2D eigenvalue weighted by Gasteiger charge is -2.30. The zero-order valence-electron chi connectivity index (χ0n) is 18.5. The summed E-state index contributed by atoms with van der Waals surface area (Å²) in [4.78, 5) is 26.7. The summed E-state index contributed by atoms with van der Waals surface area (Å²) in [5, 5.41) is 3.30. The van der Waals surface area contributed by atoms with E-state index in [-0.39, 0.29) is 6.61 Å². The average Bonchev–Trinajstić information content (AvgIpc) is 3.08. The third-order valence-corrected chi connectivity index (χ3v) is 6.04. The molecule has 8 nitrogen and oxygen atoms in total. The number of anilines is 1. The molecule has 3 rings (SSSR count). The Bertz CT molecular complexity index is 971. The number of rotatable bonds is 7. The number of thiophene rings is 1. The maximum Gasteiger partial charge on any atom is 0.341 e. The third-order valence-electron chi connectivity index (χ3n) is 4.92. The van der Waals surface area contributed by atoms with Crippen LogP contribution in [-0.2, 0) is 22.5 Å². The number of amides is 1. The number of fused-ring (bicyclic) bond motifs is 1. The third kappa shape index (κ3) is 4.62. The summed E-state index contributed by atoms with van der Waals surface area (Å²) in [6, 6.07) is 3.11. The number of nitrogens with one attached hydrogen (secondary N) is 1. The molecule has 0 radical (unpaired) electrons. The lowest BCUT2D eigenvalue weighted by Crippen LogP contribution is -2.32. The van der Waals surface area contributed by atoms with Crippen molar-refractivity contribution in [3.05, 3.63) is 33.7 Å². The Balaban J connectivity index is 2.00. The van der Waals surface area contributed by atoms with Gasteiger partial charge in [0.25, 0.3) is 5.91 Å². The second-order valence-electron chi connectivity index (χ2n) is 7.52. The minimum absolute atomic E-state index is 0.240. The fraction of sp³-hybridized carbons (Fsp3) is 0.455. The number of carbonyl (C=O) groups excluding carboxylic acids is 2. The van der Waals surface area contributed by atoms with Gasteiger partial charge < -0.3 is 29.0 Å². The summed E-state index contributed by atoms with van der Waals surface area (Å²) >= 11 is 1.32. The first-order chi connectivity index (χ1) is 14.7. The van der Waals surface area contributed by atoms with Gasteiger partial charge in [0, 0.05) is 16.9 Å². The van der Waals surface area contributed by atoms with Crippen LogP contribution in [0, 0.1) is 0 Å². The zero-order valence-corrected chi connectivity index (χ0v) is 19.4. The number of benzene rings is 1. The molecule has 2 heterocycles. The lowest BCUT2D eigenvalue weighted by atomic mass is 9.93. The summed E-state index contributed by atoms with van der Waals surface area (Å²) in [7, 11) is 4.45. The number of carbonyl (C=O) groups is 2. The van der Waals surface area contributed by atoms with Crippen LogP contribution in [0.2, 0.25) is 0 Å². The van der Waals surface area contributed by atoms with E-state index in [0.29, 0.717) is 46.4 Å². The Labute approximate surface area is 185 Å². The van der Waals surface area contributed by atoms with Crippen LogP contribution in [0.5, 0.6) is 17.2 Å². The van der Waals surface area contributed by atoms with E-state index in [1.165, 1.54) is 32.7 Å². The van der Waals surface area contributed by atoms with Crippen molar-refractivity contribution in [2.24, 2.45) is 0 Å². The van der Waals surface area contributed by atoms with E-state index >= 15 is 0 Å². The number of methoxy groups -OCH3 is 3. The summed E-state index contributed by atoms with van der Waals surface area (Å²) < 4.78 is 27.1. The first-order valence-electron chi connectivity index (χ1n) is 9.81. The minimum Gasteiger partial charge on any atom is -0.493 e. The van der Waals surface area contributed by atoms with Gasteiger partial charge in [0.05, 0.1) is 45.7 Å². The van der Waals surface area contributed by atoms with Crippen molar-refractivity contribution < 1.29 is 33.3 Å². The smallest absolute Gasteiger partial charge is 0.341 e. The molecular weight excluding hydrogens is 422 g/mol. The van der Waals surface area contributed by atoms with Gasteiger partial charge in [-0.25, -0.2) is 4.79 Å². The molecule has 1 aromatic carbocycles. The van der Waals surface area contributed by atoms with Gasteiger partial charge in [-0.15, -0.1) is 11.3 Å². The minimum atomic E-state index is -0.460. The summed E-state index contributed by atoms with van der Waals surface area (Å²) in [6.07, 6.45) is 0.549. The Morgan fingerprint density at radius 3 is 2.32 bits per heavy atom. The molecule has 0 saturated heterocycles. The largest absolute Gasteiger partial charge is 0.493 e. The van der Waals surface area contributed by atoms with Crippen molar-refractivity contribution in [3.8, 4) is 17.2 Å². The molecule has 0 saturated carbocycles. The molecule has 2 aromatic rings. The second kappa shape index (κ2) is 9.15. The molecule has 1 amide bonds. The van der Waals surface area contributed by atoms with Crippen molar-refractivity contribution in [2.75, 3.05) is 33.3 Å². The molecular formula is C22H27NO7S. The standard InChI is InChI=1S/C22H27NO7S/c1-7-29-21(25)17-13-10-22(2,3)30-11-16(13)31-20(17)23-19(24)12-8-14(26-4)18(28-6)15(9-12)27-5/h8-9H,7,10-11H2,1-6H3,(H,23,24). The molecule has 0 spiro atoms. The van der Waals surface area contributed by atoms with E-state index in [1.54, 1.807) is 19.1 Å². The summed E-state index contributed by atoms with van der Waals surface area (Å²) in [5.41, 5.74) is 1.14. The van der Waals surface area contributed by atoms with Crippen molar-refractivity contribution in [1.82, 2.24) is 0 Å². The predicted octanol–water partition coefficient (Wildman–Crippen LogP) is 4.05. The Morgan fingerprint density at radius 1 is 1.13 bits per heavy atom. The molecule has 1 aliphatic rings. The van der Waals surface area contributed by atoms with E-state index in [0.717, 1.165) is 10.4 Å². The first kappa shape index (κ1) is 22.9. The molecule has 1 N–H and O–H groups in total. The van der Waals surface area contributed by atoms with Gasteiger partial charge in [-0.3, -0.25) is 4.79 Å². The quantitative estimate of drug-likeness (QED) is 0.638. The molecule has 0 aliphatic carbocycles. The van der Waals surface area contributed by atoms with Gasteiger partial charge in [0.15, 0.2) is 11.5 Å². The van der Waals surface area contributed by atoms with Crippen molar-refractivity contribution >= 4 is 28.2 Å². The molecule has 0 bridgehead atoms. The van der Waals surface area contributed by atoms with E-state index in [4.69, 9.17) is 23.7 Å². The molecule has 0 fully saturated rings. The topological polar surface area (TPSA) is 92.3 Å². The number of esters is 1. The maximum atomic E-state index is 13.1. The molecule has 1 aliphatic heterocycles. The molecule has 1 aromatic heterocycles. The van der Waals surface area contributed by atoms with Crippen molar-refractivity contribution in [1.29, 1.82) is 0 Å². The molecule has 31 heavy (non-hydrogen) atoms. The van der Waals surface area contributed by atoms with Crippen molar-refractivity contribution in [2.45, 2.75) is 39.4 Å². The van der Waals surface area contributed by atoms with Crippen LogP contribution >= 0.6 is 11.3 Å². The zero-order chi connectivity index (χ0) is 22.8. The highest BCUT2D eigenvalue weighted by molar-refractivity contribution is 7.17. The average molecular weight is 450 g/mol. The van der Waals surface area contributed by atoms with Gasteiger partial charge in [-0.05, 0) is 38.5 Å². The fourth-order valence-electron chi connectivity index (χ4n) is 3.45. The predicted molar refractivity (Wildman–Crippen MR) is 117 cm³/mol. The highest BCUT2D eigenvalue weighted by Gasteiger charge is 2.34. The van der Waals surface area contributed by atoms with E-state index < -0.39 is 17.5 Å². The van der Waals surface area contributed by atoms with Crippen LogP contribution in [0.3, 0.4) is 0 Å². The summed E-state index contributed by atoms with van der Waals surface area (Å²) in [5.74, 6) is 0.234. The second-order valence-corrected chi connectivity index (χ2v) is 8.63. The maximum absolute atomic E-state index is 13.1. The van der Waals surface area contributed by atoms with Crippen LogP contribution in [0.15, 0.2) is 12.1 Å². The highest BCUT2D eigenvalue weighted by Crippen LogP contribution is 2.42. The van der Waals surface area contributed by atoms with Crippen LogP contribution in [0.4, 0.5) is 5.00 Å². The number of ether oxygens (including phenoxy) is 5. The van der Waals surface area contributed by atoms with Gasteiger partial charge in [-0.1, -0.05) is 0 Å². The van der Waals surface area contributed by atoms with Gasteiger partial charge in [0.2, 0.25) is 5.75 Å². The Morgan fingerprint density at radius 2 is 1.77 bits per heavy atom. The van der Waals surface area contributed by atoms with Gasteiger partial charge in [0.1, 0.15) is 5.00 Å². The summed E-state index contributed by atoms with van der Waals surface area (Å²) in [6.45, 7) is 6.30. The van der Waals surface area contributed by atoms with Gasteiger partial charge >= 0.3 is 5.97 Å². The Hall–Kier alpha value is -2.78. The number of hydrogen-bond acceptors (Lipinski definition) is 8. The Kier molecular flexibility index (Phi) is 6.76. The van der Waals surface area contributed by atoms with Crippen LogP contribution in [-0.4, -0.2) is 45.4 Å². The van der Waals surface area contributed by atoms with E-state index in [9.17, 15) is 9.59 Å². The molecule has 0 atom stereocenters. The molecule has 168 valence electrons. The van der Waals surface area contributed by atoms with E-state index in [1.807, 2.05) is 13.8 Å².